The van der Waals surface area contributed by atoms with Gasteiger partial charge in [-0.05, 0) is 40.1 Å². The maximum atomic E-state index is 12.7. The van der Waals surface area contributed by atoms with Crippen LogP contribution in [0.4, 0.5) is 5.69 Å². The van der Waals surface area contributed by atoms with Gasteiger partial charge < -0.3 is 5.32 Å². The highest BCUT2D eigenvalue weighted by Gasteiger charge is 2.19. The van der Waals surface area contributed by atoms with Gasteiger partial charge in [0.25, 0.3) is 0 Å². The molecular weight excluding hydrogens is 288 g/mol. The summed E-state index contributed by atoms with van der Waals surface area (Å²) in [6.07, 6.45) is 0. The van der Waals surface area contributed by atoms with E-state index in [-0.39, 0.29) is 17.7 Å². The molecule has 0 radical (unpaired) electrons. The minimum Gasteiger partial charge on any atom is -0.324 e. The standard InChI is InChI=1S/C19H22N2O2/c1-13-10-11-17(20-19(23)14(2)21(3)4)16(12-13)18(22)15-8-6-5-7-9-15/h5-12,14H,1-4H3,(H,20,23). The molecule has 0 saturated heterocycles. The van der Waals surface area contributed by atoms with Gasteiger partial charge in [0.2, 0.25) is 5.91 Å². The molecule has 2 aromatic carbocycles. The van der Waals surface area contributed by atoms with Crippen molar-refractivity contribution in [2.45, 2.75) is 19.9 Å². The average molecular weight is 310 g/mol. The summed E-state index contributed by atoms with van der Waals surface area (Å²) < 4.78 is 0. The molecule has 0 spiro atoms. The van der Waals surface area contributed by atoms with E-state index in [1.165, 1.54) is 0 Å². The Morgan fingerprint density at radius 2 is 1.70 bits per heavy atom. The Morgan fingerprint density at radius 3 is 2.30 bits per heavy atom. The quantitative estimate of drug-likeness (QED) is 0.863. The Balaban J connectivity index is 2.35. The van der Waals surface area contributed by atoms with Crippen LogP contribution in [-0.2, 0) is 4.79 Å². The van der Waals surface area contributed by atoms with Crippen LogP contribution in [0.1, 0.15) is 28.4 Å². The number of nitrogens with one attached hydrogen (secondary N) is 1. The molecule has 0 aliphatic heterocycles. The number of nitrogens with zero attached hydrogens (tertiary/aromatic N) is 1. The second-order valence-corrected chi connectivity index (χ2v) is 5.87. The normalized spacial score (nSPS) is 12.0. The molecule has 0 aliphatic carbocycles. The SMILES string of the molecule is Cc1ccc(NC(=O)C(C)N(C)C)c(C(=O)c2ccccc2)c1. The molecule has 0 bridgehead atoms. The van der Waals surface area contributed by atoms with E-state index in [0.717, 1.165) is 5.56 Å². The van der Waals surface area contributed by atoms with E-state index >= 15 is 0 Å². The lowest BCUT2D eigenvalue weighted by molar-refractivity contribution is -0.119. The lowest BCUT2D eigenvalue weighted by Gasteiger charge is -2.20. The van der Waals surface area contributed by atoms with Gasteiger partial charge in [-0.1, -0.05) is 42.0 Å². The molecule has 0 heterocycles. The number of likely N-dealkylation sites (N-methyl/N-ethyl adjacent to an activating group) is 1. The van der Waals surface area contributed by atoms with Crippen molar-refractivity contribution in [1.82, 2.24) is 4.90 Å². The van der Waals surface area contributed by atoms with Crippen molar-refractivity contribution in [1.29, 1.82) is 0 Å². The maximum Gasteiger partial charge on any atom is 0.241 e. The number of hydrogen-bond acceptors (Lipinski definition) is 3. The number of benzene rings is 2. The topological polar surface area (TPSA) is 49.4 Å². The number of hydrogen-bond donors (Lipinski definition) is 1. The van der Waals surface area contributed by atoms with E-state index in [1.54, 1.807) is 18.2 Å². The highest BCUT2D eigenvalue weighted by atomic mass is 16.2. The van der Waals surface area contributed by atoms with Gasteiger partial charge in [-0.2, -0.15) is 0 Å². The van der Waals surface area contributed by atoms with Gasteiger partial charge in [-0.3, -0.25) is 14.5 Å². The summed E-state index contributed by atoms with van der Waals surface area (Å²) in [5.74, 6) is -0.233. The Bertz CT molecular complexity index is 709. The van der Waals surface area contributed by atoms with Crippen molar-refractivity contribution in [3.63, 3.8) is 0 Å². The number of anilines is 1. The Morgan fingerprint density at radius 1 is 1.04 bits per heavy atom. The average Bonchev–Trinajstić information content (AvgIpc) is 2.55. The Hall–Kier alpha value is -2.46. The van der Waals surface area contributed by atoms with Crippen LogP contribution < -0.4 is 5.32 Å². The summed E-state index contributed by atoms with van der Waals surface area (Å²) in [6.45, 7) is 3.75. The van der Waals surface area contributed by atoms with Crippen LogP contribution in [0.25, 0.3) is 0 Å². The third-order valence-corrected chi connectivity index (χ3v) is 3.87. The first kappa shape index (κ1) is 16.9. The van der Waals surface area contributed by atoms with Crippen LogP contribution in [0.15, 0.2) is 48.5 Å². The summed E-state index contributed by atoms with van der Waals surface area (Å²) in [6, 6.07) is 14.3. The van der Waals surface area contributed by atoms with Crippen molar-refractivity contribution in [3.8, 4) is 0 Å². The van der Waals surface area contributed by atoms with Crippen molar-refractivity contribution >= 4 is 17.4 Å². The fraction of sp³-hybridized carbons (Fsp3) is 0.263. The first-order valence-corrected chi connectivity index (χ1v) is 7.58. The van der Waals surface area contributed by atoms with Gasteiger partial charge in [0.1, 0.15) is 0 Å². The zero-order chi connectivity index (χ0) is 17.0. The Labute approximate surface area is 137 Å². The van der Waals surface area contributed by atoms with Crippen LogP contribution in [0.3, 0.4) is 0 Å². The second kappa shape index (κ2) is 7.20. The third kappa shape index (κ3) is 4.05. The first-order valence-electron chi connectivity index (χ1n) is 7.58. The summed E-state index contributed by atoms with van der Waals surface area (Å²) in [7, 11) is 3.69. The Kier molecular flexibility index (Phi) is 5.29. The molecule has 1 N–H and O–H groups in total. The predicted octanol–water partition coefficient (Wildman–Crippen LogP) is 3.11. The smallest absolute Gasteiger partial charge is 0.241 e. The second-order valence-electron chi connectivity index (χ2n) is 5.87. The molecule has 23 heavy (non-hydrogen) atoms. The van der Waals surface area contributed by atoms with Gasteiger partial charge in [0.15, 0.2) is 5.78 Å². The fourth-order valence-electron chi connectivity index (χ4n) is 2.17. The fourth-order valence-corrected chi connectivity index (χ4v) is 2.17. The van der Waals surface area contributed by atoms with Crippen molar-refractivity contribution in [2.75, 3.05) is 19.4 Å². The van der Waals surface area contributed by atoms with E-state index in [1.807, 2.05) is 63.2 Å². The van der Waals surface area contributed by atoms with Gasteiger partial charge in [-0.15, -0.1) is 0 Å². The van der Waals surface area contributed by atoms with E-state index in [9.17, 15) is 9.59 Å². The van der Waals surface area contributed by atoms with Crippen LogP contribution >= 0.6 is 0 Å². The largest absolute Gasteiger partial charge is 0.324 e. The molecule has 0 saturated carbocycles. The van der Waals surface area contributed by atoms with E-state index in [4.69, 9.17) is 0 Å². The van der Waals surface area contributed by atoms with E-state index < -0.39 is 0 Å². The molecule has 0 aliphatic rings. The molecule has 1 amide bonds. The van der Waals surface area contributed by atoms with Crippen LogP contribution in [0.5, 0.6) is 0 Å². The molecular formula is C19H22N2O2. The molecule has 0 aromatic heterocycles. The van der Waals surface area contributed by atoms with Crippen LogP contribution in [0, 0.1) is 6.92 Å². The molecule has 2 aromatic rings. The lowest BCUT2D eigenvalue weighted by atomic mass is 9.99. The summed E-state index contributed by atoms with van der Waals surface area (Å²) >= 11 is 0. The van der Waals surface area contributed by atoms with Gasteiger partial charge in [-0.25, -0.2) is 0 Å². The van der Waals surface area contributed by atoms with Crippen LogP contribution in [0.2, 0.25) is 0 Å². The molecule has 1 unspecified atom stereocenters. The third-order valence-electron chi connectivity index (χ3n) is 3.87. The highest BCUT2D eigenvalue weighted by Crippen LogP contribution is 2.21. The zero-order valence-electron chi connectivity index (χ0n) is 14.0. The number of aryl methyl sites for hydroxylation is 1. The van der Waals surface area contributed by atoms with E-state index in [2.05, 4.69) is 5.32 Å². The zero-order valence-corrected chi connectivity index (χ0v) is 14.0. The number of rotatable bonds is 5. The maximum absolute atomic E-state index is 12.7. The van der Waals surface area contributed by atoms with Gasteiger partial charge in [0, 0.05) is 11.1 Å². The monoisotopic (exact) mass is 310 g/mol. The highest BCUT2D eigenvalue weighted by molar-refractivity contribution is 6.14. The number of ketones is 1. The molecule has 0 fully saturated rings. The number of amides is 1. The summed E-state index contributed by atoms with van der Waals surface area (Å²) in [5.41, 5.74) is 2.64. The van der Waals surface area contributed by atoms with Crippen LogP contribution in [-0.4, -0.2) is 36.7 Å². The molecule has 120 valence electrons. The van der Waals surface area contributed by atoms with Crippen molar-refractivity contribution in [3.05, 3.63) is 65.2 Å². The summed E-state index contributed by atoms with van der Waals surface area (Å²) in [4.78, 5) is 26.9. The number of carbonyl (C=O) groups is 2. The number of carbonyl (C=O) groups excluding carboxylic acids is 2. The molecule has 2 rings (SSSR count). The molecule has 1 atom stereocenters. The van der Waals surface area contributed by atoms with Crippen molar-refractivity contribution in [2.24, 2.45) is 0 Å². The van der Waals surface area contributed by atoms with Crippen molar-refractivity contribution < 1.29 is 9.59 Å². The predicted molar refractivity (Wildman–Crippen MR) is 92.8 cm³/mol. The summed E-state index contributed by atoms with van der Waals surface area (Å²) in [5, 5.41) is 2.87. The van der Waals surface area contributed by atoms with E-state index in [0.29, 0.717) is 16.8 Å². The van der Waals surface area contributed by atoms with Gasteiger partial charge in [0.05, 0.1) is 11.7 Å². The minimum absolute atomic E-state index is 0.0953. The first-order chi connectivity index (χ1) is 10.9. The lowest BCUT2D eigenvalue weighted by Crippen LogP contribution is -2.37. The minimum atomic E-state index is -0.281. The molecule has 4 nitrogen and oxygen atoms in total. The van der Waals surface area contributed by atoms with Gasteiger partial charge >= 0.3 is 0 Å². The molecule has 4 heteroatoms.